The number of likely N-dealkylation sites (tertiary alicyclic amines) is 1. The van der Waals surface area contributed by atoms with Crippen LogP contribution < -0.4 is 5.73 Å². The van der Waals surface area contributed by atoms with Gasteiger partial charge in [0.2, 0.25) is 0 Å². The molecule has 8 heteroatoms. The first-order chi connectivity index (χ1) is 12.3. The molecule has 25 heavy (non-hydrogen) atoms. The minimum Gasteiger partial charge on any atom is -0.330 e. The van der Waals surface area contributed by atoms with Gasteiger partial charge in [-0.3, -0.25) is 4.79 Å². The van der Waals surface area contributed by atoms with E-state index in [1.54, 1.807) is 0 Å². The predicted octanol–water partition coefficient (Wildman–Crippen LogP) is 1.94. The molecule has 2 aliphatic heterocycles. The molecule has 0 aliphatic carbocycles. The highest BCUT2D eigenvalue weighted by Crippen LogP contribution is 2.32. The average Bonchev–Trinajstić information content (AvgIpc) is 3.28. The molecule has 7 nitrogen and oxygen atoms in total. The number of fused-ring (bicyclic) bond motifs is 1. The lowest BCUT2D eigenvalue weighted by atomic mass is 10.0. The normalized spacial score (nSPS) is 20.5. The van der Waals surface area contributed by atoms with E-state index in [1.165, 1.54) is 17.8 Å². The van der Waals surface area contributed by atoms with Gasteiger partial charge in [-0.25, -0.2) is 4.98 Å². The number of nitrogens with zero attached hydrogens (tertiary/aromatic N) is 5. The van der Waals surface area contributed by atoms with E-state index in [0.29, 0.717) is 12.2 Å². The highest BCUT2D eigenvalue weighted by Gasteiger charge is 2.34. The number of hydrogen-bond donors (Lipinski definition) is 1. The van der Waals surface area contributed by atoms with Gasteiger partial charge in [0.25, 0.3) is 5.91 Å². The summed E-state index contributed by atoms with van der Waals surface area (Å²) < 4.78 is 2.24. The molecule has 2 N–H and O–H groups in total. The highest BCUT2D eigenvalue weighted by molar-refractivity contribution is 7.09. The second kappa shape index (κ2) is 7.21. The Kier molecular flexibility index (Phi) is 4.80. The van der Waals surface area contributed by atoms with Gasteiger partial charge in [-0.1, -0.05) is 0 Å². The molecule has 0 spiro atoms. The summed E-state index contributed by atoms with van der Waals surface area (Å²) in [4.78, 5) is 19.5. The van der Waals surface area contributed by atoms with Crippen molar-refractivity contribution in [1.29, 1.82) is 0 Å². The van der Waals surface area contributed by atoms with E-state index in [4.69, 9.17) is 5.73 Å². The Hall–Kier alpha value is -1.80. The molecule has 2 aromatic heterocycles. The second-order valence-electron chi connectivity index (χ2n) is 6.76. The fraction of sp³-hybridized carbons (Fsp3) is 0.647. The van der Waals surface area contributed by atoms with Crippen LogP contribution >= 0.6 is 11.3 Å². The molecule has 2 aromatic rings. The second-order valence-corrected chi connectivity index (χ2v) is 7.70. The number of thiazole rings is 1. The zero-order chi connectivity index (χ0) is 17.2. The number of carbonyl (C=O) groups excluding carboxylic acids is 1. The largest absolute Gasteiger partial charge is 0.330 e. The molecule has 4 rings (SSSR count). The van der Waals surface area contributed by atoms with E-state index in [-0.39, 0.29) is 11.9 Å². The molecule has 0 aromatic carbocycles. The number of carbonyl (C=O) groups is 1. The first-order valence-electron chi connectivity index (χ1n) is 9.15. The van der Waals surface area contributed by atoms with Gasteiger partial charge in [0.1, 0.15) is 11.5 Å². The minimum atomic E-state index is 0.0115. The zero-order valence-corrected chi connectivity index (χ0v) is 15.2. The third-order valence-corrected chi connectivity index (χ3v) is 5.99. The fourth-order valence-electron chi connectivity index (χ4n) is 3.81. The highest BCUT2D eigenvalue weighted by atomic mass is 32.1. The van der Waals surface area contributed by atoms with Crippen LogP contribution in [0.3, 0.4) is 0 Å². The van der Waals surface area contributed by atoms with Gasteiger partial charge in [-0.2, -0.15) is 0 Å². The Labute approximate surface area is 151 Å². The maximum Gasteiger partial charge on any atom is 0.273 e. The zero-order valence-electron chi connectivity index (χ0n) is 14.4. The molecule has 1 atom stereocenters. The van der Waals surface area contributed by atoms with E-state index in [2.05, 4.69) is 19.7 Å². The fourth-order valence-corrected chi connectivity index (χ4v) is 4.60. The molecule has 2 aliphatic rings. The van der Waals surface area contributed by atoms with E-state index in [9.17, 15) is 4.79 Å². The SMILES string of the molecule is NCCc1nc(C(=O)N2CCCCC2c2nnc3n2CCCC3)cs1. The topological polar surface area (TPSA) is 89.9 Å². The standard InChI is InChI=1S/C17H24N6OS/c18-8-7-15-19-12(11-25-15)17(24)22-9-3-1-5-13(22)16-21-20-14-6-2-4-10-23(14)16/h11,13H,1-10,18H2. The lowest BCUT2D eigenvalue weighted by Gasteiger charge is -2.35. The van der Waals surface area contributed by atoms with Crippen molar-refractivity contribution in [1.82, 2.24) is 24.6 Å². The smallest absolute Gasteiger partial charge is 0.273 e. The van der Waals surface area contributed by atoms with E-state index in [0.717, 1.165) is 68.3 Å². The lowest BCUT2D eigenvalue weighted by Crippen LogP contribution is -2.40. The molecule has 0 saturated carbocycles. The molecule has 1 amide bonds. The molecule has 1 fully saturated rings. The molecule has 1 saturated heterocycles. The van der Waals surface area contributed by atoms with Crippen molar-refractivity contribution in [3.8, 4) is 0 Å². The average molecular weight is 360 g/mol. The first kappa shape index (κ1) is 16.7. The summed E-state index contributed by atoms with van der Waals surface area (Å²) in [6.07, 6.45) is 7.14. The summed E-state index contributed by atoms with van der Waals surface area (Å²) in [7, 11) is 0. The third-order valence-electron chi connectivity index (χ3n) is 5.08. The van der Waals surface area contributed by atoms with E-state index < -0.39 is 0 Å². The molecule has 0 bridgehead atoms. The number of hydrogen-bond acceptors (Lipinski definition) is 6. The van der Waals surface area contributed by atoms with Crippen molar-refractivity contribution < 1.29 is 4.79 Å². The number of aryl methyl sites for hydroxylation is 1. The van der Waals surface area contributed by atoms with Crippen LogP contribution in [0.25, 0.3) is 0 Å². The van der Waals surface area contributed by atoms with E-state index in [1.807, 2.05) is 10.3 Å². The molecular weight excluding hydrogens is 336 g/mol. The number of rotatable bonds is 4. The molecule has 4 heterocycles. The monoisotopic (exact) mass is 360 g/mol. The van der Waals surface area contributed by atoms with Gasteiger partial charge < -0.3 is 15.2 Å². The predicted molar refractivity (Wildman–Crippen MR) is 95.5 cm³/mol. The minimum absolute atomic E-state index is 0.0115. The van der Waals surface area contributed by atoms with Crippen LogP contribution in [0, 0.1) is 0 Å². The van der Waals surface area contributed by atoms with E-state index >= 15 is 0 Å². The number of nitrogens with two attached hydrogens (primary N) is 1. The Bertz CT molecular complexity index is 754. The Balaban J connectivity index is 1.60. The van der Waals surface area contributed by atoms with Crippen LogP contribution in [0.15, 0.2) is 5.38 Å². The van der Waals surface area contributed by atoms with Crippen LogP contribution in [-0.4, -0.2) is 43.6 Å². The van der Waals surface area contributed by atoms with Gasteiger partial charge in [-0.15, -0.1) is 21.5 Å². The summed E-state index contributed by atoms with van der Waals surface area (Å²) in [5.74, 6) is 2.04. The van der Waals surface area contributed by atoms with Gasteiger partial charge in [0.15, 0.2) is 5.82 Å². The number of piperidine rings is 1. The van der Waals surface area contributed by atoms with Crippen molar-refractivity contribution in [2.75, 3.05) is 13.1 Å². The quantitative estimate of drug-likeness (QED) is 0.900. The summed E-state index contributed by atoms with van der Waals surface area (Å²) in [5.41, 5.74) is 6.13. The number of aromatic nitrogens is 4. The van der Waals surface area contributed by atoms with Crippen LogP contribution in [0.4, 0.5) is 0 Å². The molecule has 134 valence electrons. The lowest BCUT2D eigenvalue weighted by molar-refractivity contribution is 0.0588. The van der Waals surface area contributed by atoms with Gasteiger partial charge in [-0.05, 0) is 38.6 Å². The van der Waals surface area contributed by atoms with Crippen molar-refractivity contribution in [2.45, 2.75) is 57.5 Å². The Morgan fingerprint density at radius 1 is 1.24 bits per heavy atom. The van der Waals surface area contributed by atoms with Crippen LogP contribution in [0.5, 0.6) is 0 Å². The number of amides is 1. The summed E-state index contributed by atoms with van der Waals surface area (Å²) in [5, 5.41) is 11.6. The van der Waals surface area contributed by atoms with Gasteiger partial charge >= 0.3 is 0 Å². The van der Waals surface area contributed by atoms with Crippen molar-refractivity contribution in [3.05, 3.63) is 27.7 Å². The van der Waals surface area contributed by atoms with Crippen molar-refractivity contribution in [2.24, 2.45) is 5.73 Å². The first-order valence-corrected chi connectivity index (χ1v) is 10.0. The Morgan fingerprint density at radius 2 is 2.12 bits per heavy atom. The summed E-state index contributed by atoms with van der Waals surface area (Å²) in [6.45, 7) is 2.28. The van der Waals surface area contributed by atoms with Gasteiger partial charge in [0.05, 0.1) is 11.0 Å². The molecular formula is C17H24N6OS. The Morgan fingerprint density at radius 3 is 3.00 bits per heavy atom. The van der Waals surface area contributed by atoms with Crippen molar-refractivity contribution in [3.63, 3.8) is 0 Å². The van der Waals surface area contributed by atoms with Crippen LogP contribution in [0.1, 0.15) is 65.3 Å². The molecule has 0 radical (unpaired) electrons. The third kappa shape index (κ3) is 3.20. The van der Waals surface area contributed by atoms with Crippen LogP contribution in [-0.2, 0) is 19.4 Å². The van der Waals surface area contributed by atoms with Crippen LogP contribution in [0.2, 0.25) is 0 Å². The maximum atomic E-state index is 13.1. The van der Waals surface area contributed by atoms with Crippen molar-refractivity contribution >= 4 is 17.2 Å². The maximum absolute atomic E-state index is 13.1. The van der Waals surface area contributed by atoms with Gasteiger partial charge in [0, 0.05) is 31.3 Å². The molecule has 1 unspecified atom stereocenters. The summed E-state index contributed by atoms with van der Waals surface area (Å²) in [6, 6.07) is 0.0141. The summed E-state index contributed by atoms with van der Waals surface area (Å²) >= 11 is 1.52.